The largest absolute Gasteiger partial charge is 0.368 e. The molecule has 4 N–H and O–H groups in total. The molecule has 0 saturated carbocycles. The van der Waals surface area contributed by atoms with Crippen molar-refractivity contribution in [3.63, 3.8) is 0 Å². The van der Waals surface area contributed by atoms with Gasteiger partial charge in [0.15, 0.2) is 0 Å². The van der Waals surface area contributed by atoms with Crippen LogP contribution in [0.2, 0.25) is 0 Å². The van der Waals surface area contributed by atoms with Gasteiger partial charge in [-0.05, 0) is 90.1 Å². The number of rotatable bonds is 13. The third-order valence-corrected chi connectivity index (χ3v) is 5.68. The second-order valence-corrected chi connectivity index (χ2v) is 8.74. The Morgan fingerprint density at radius 3 is 2.36 bits per heavy atom. The Bertz CT molecular complexity index is 988. The lowest BCUT2D eigenvalue weighted by molar-refractivity contribution is -0.121. The van der Waals surface area contributed by atoms with Gasteiger partial charge in [-0.3, -0.25) is 14.4 Å². The van der Waals surface area contributed by atoms with E-state index in [0.29, 0.717) is 43.5 Å². The van der Waals surface area contributed by atoms with Crippen LogP contribution in [-0.4, -0.2) is 30.3 Å². The number of halogens is 1. The molecule has 2 rings (SSSR count). The fraction of sp³-hybridized carbons (Fsp3) is 0.348. The van der Waals surface area contributed by atoms with Gasteiger partial charge in [-0.25, -0.2) is 0 Å². The summed E-state index contributed by atoms with van der Waals surface area (Å²) in [7, 11) is 0. The lowest BCUT2D eigenvalue weighted by atomic mass is 10.1. The van der Waals surface area contributed by atoms with E-state index < -0.39 is 17.9 Å². The van der Waals surface area contributed by atoms with Crippen molar-refractivity contribution in [3.05, 3.63) is 73.7 Å². The molecule has 0 spiro atoms. The van der Waals surface area contributed by atoms with Gasteiger partial charge in [-0.15, -0.1) is 0 Å². The van der Waals surface area contributed by atoms with Crippen LogP contribution in [0.4, 0.5) is 5.69 Å². The van der Waals surface area contributed by atoms with E-state index in [9.17, 15) is 14.4 Å². The lowest BCUT2D eigenvalue weighted by Crippen LogP contribution is -2.44. The molecule has 0 aliphatic heterocycles. The van der Waals surface area contributed by atoms with Gasteiger partial charge in [-0.1, -0.05) is 29.4 Å². The van der Waals surface area contributed by atoms with Crippen LogP contribution in [-0.2, 0) is 16.0 Å². The number of hydrogen-bond donors (Lipinski definition) is 3. The zero-order chi connectivity index (χ0) is 24.1. The zero-order valence-electron chi connectivity index (χ0n) is 18.2. The Morgan fingerprint density at radius 1 is 1.03 bits per heavy atom. The van der Waals surface area contributed by atoms with E-state index in [2.05, 4.69) is 67.5 Å². The fourth-order valence-electron chi connectivity index (χ4n) is 3.15. The Hall–Kier alpha value is -3.11. The molecule has 33 heavy (non-hydrogen) atoms. The van der Waals surface area contributed by atoms with Crippen molar-refractivity contribution >= 4 is 46.0 Å². The Balaban J connectivity index is 1.65. The highest BCUT2D eigenvalue weighted by atomic mass is 127. The van der Waals surface area contributed by atoms with Crippen LogP contribution >= 0.6 is 22.6 Å². The maximum absolute atomic E-state index is 12.3. The van der Waals surface area contributed by atoms with Gasteiger partial charge >= 0.3 is 0 Å². The predicted octanol–water partition coefficient (Wildman–Crippen LogP) is 4.13. The van der Waals surface area contributed by atoms with Crippen molar-refractivity contribution in [1.82, 2.24) is 10.6 Å². The molecule has 2 aromatic carbocycles. The minimum Gasteiger partial charge on any atom is -0.368 e. The van der Waals surface area contributed by atoms with Crippen LogP contribution in [0.1, 0.15) is 48.0 Å². The molecule has 174 valence electrons. The number of benzene rings is 2. The average molecular weight is 562 g/mol. The van der Waals surface area contributed by atoms with Crippen LogP contribution in [0.3, 0.4) is 0 Å². The Kier molecular flexibility index (Phi) is 11.2. The lowest BCUT2D eigenvalue weighted by Gasteiger charge is -2.15. The van der Waals surface area contributed by atoms with Crippen LogP contribution in [0.5, 0.6) is 0 Å². The van der Waals surface area contributed by atoms with E-state index in [1.807, 2.05) is 0 Å². The quantitative estimate of drug-likeness (QED) is 0.111. The highest BCUT2D eigenvalue weighted by molar-refractivity contribution is 14.1. The first-order valence-electron chi connectivity index (χ1n) is 10.7. The second kappa shape index (κ2) is 14.1. The summed E-state index contributed by atoms with van der Waals surface area (Å²) < 4.78 is 1.19. The van der Waals surface area contributed by atoms with Gasteiger partial charge in [0.2, 0.25) is 11.8 Å². The minimum atomic E-state index is -0.807. The standard InChI is InChI=1S/C23H27IN6O3/c24-18-11-7-16(8-12-18)4-3-6-21(31)27-15-2-1-5-20(22(25)32)28-23(33)17-9-13-19(14-10-17)29-30-26/h7-14,20H,1-6,15H2,(H2,25,32)(H,27,31)(H,28,33)/t20-/m0/s1. The van der Waals surface area contributed by atoms with Crippen molar-refractivity contribution in [2.24, 2.45) is 10.8 Å². The smallest absolute Gasteiger partial charge is 0.251 e. The molecule has 10 heteroatoms. The summed E-state index contributed by atoms with van der Waals surface area (Å²) in [5.74, 6) is -1.05. The maximum atomic E-state index is 12.3. The van der Waals surface area contributed by atoms with E-state index >= 15 is 0 Å². The summed E-state index contributed by atoms with van der Waals surface area (Å²) in [5, 5.41) is 8.96. The third-order valence-electron chi connectivity index (χ3n) is 4.96. The number of azide groups is 1. The van der Waals surface area contributed by atoms with Gasteiger partial charge in [0.05, 0.1) is 0 Å². The molecule has 0 radical (unpaired) electrons. The molecule has 0 bridgehead atoms. The molecule has 0 aromatic heterocycles. The maximum Gasteiger partial charge on any atom is 0.251 e. The van der Waals surface area contributed by atoms with Crippen LogP contribution in [0.25, 0.3) is 10.4 Å². The van der Waals surface area contributed by atoms with Crippen molar-refractivity contribution in [2.45, 2.75) is 44.6 Å². The van der Waals surface area contributed by atoms with Crippen LogP contribution in [0.15, 0.2) is 53.6 Å². The summed E-state index contributed by atoms with van der Waals surface area (Å²) in [6.07, 6.45) is 3.77. The van der Waals surface area contributed by atoms with E-state index in [1.165, 1.54) is 33.4 Å². The zero-order valence-corrected chi connectivity index (χ0v) is 20.3. The molecule has 9 nitrogen and oxygen atoms in total. The van der Waals surface area contributed by atoms with Crippen molar-refractivity contribution in [1.29, 1.82) is 0 Å². The topological polar surface area (TPSA) is 150 Å². The number of unbranched alkanes of at least 4 members (excludes halogenated alkanes) is 1. The summed E-state index contributed by atoms with van der Waals surface area (Å²) in [6, 6.07) is 13.5. The number of amides is 3. The van der Waals surface area contributed by atoms with Gasteiger partial charge in [0.25, 0.3) is 5.91 Å². The first-order chi connectivity index (χ1) is 15.9. The summed E-state index contributed by atoms with van der Waals surface area (Å²) in [6.45, 7) is 0.503. The van der Waals surface area contributed by atoms with E-state index in [-0.39, 0.29) is 5.91 Å². The van der Waals surface area contributed by atoms with E-state index in [4.69, 9.17) is 11.3 Å². The van der Waals surface area contributed by atoms with Gasteiger partial charge in [0, 0.05) is 32.7 Å². The van der Waals surface area contributed by atoms with Crippen molar-refractivity contribution in [2.75, 3.05) is 6.54 Å². The van der Waals surface area contributed by atoms with Crippen LogP contribution < -0.4 is 16.4 Å². The molecule has 3 amide bonds. The molecule has 0 fully saturated rings. The van der Waals surface area contributed by atoms with Gasteiger partial charge in [0.1, 0.15) is 6.04 Å². The van der Waals surface area contributed by atoms with Gasteiger partial charge in [-0.2, -0.15) is 0 Å². The number of nitrogens with zero attached hydrogens (tertiary/aromatic N) is 3. The fourth-order valence-corrected chi connectivity index (χ4v) is 3.51. The molecule has 0 heterocycles. The first kappa shape index (κ1) is 26.1. The van der Waals surface area contributed by atoms with E-state index in [0.717, 1.165) is 12.8 Å². The molecule has 2 aromatic rings. The molecule has 0 aliphatic carbocycles. The van der Waals surface area contributed by atoms with E-state index in [1.54, 1.807) is 0 Å². The SMILES string of the molecule is [N-]=[N+]=Nc1ccc(C(=O)N[C@@H](CCCCNC(=O)CCCc2ccc(I)cc2)C(N)=O)cc1. The van der Waals surface area contributed by atoms with Gasteiger partial charge < -0.3 is 16.4 Å². The number of primary amides is 1. The van der Waals surface area contributed by atoms with Crippen molar-refractivity contribution in [3.8, 4) is 0 Å². The number of hydrogen-bond acceptors (Lipinski definition) is 4. The molecule has 1 atom stereocenters. The summed E-state index contributed by atoms with van der Waals surface area (Å²) >= 11 is 2.26. The Labute approximate surface area is 206 Å². The summed E-state index contributed by atoms with van der Waals surface area (Å²) in [4.78, 5) is 38.7. The molecule has 0 aliphatic rings. The third kappa shape index (κ3) is 9.92. The highest BCUT2D eigenvalue weighted by Crippen LogP contribution is 2.13. The summed E-state index contributed by atoms with van der Waals surface area (Å²) in [5.41, 5.74) is 15.8. The average Bonchev–Trinajstić information content (AvgIpc) is 2.80. The number of aryl methyl sites for hydroxylation is 1. The monoisotopic (exact) mass is 562 g/mol. The number of carbonyl (C=O) groups is 3. The van der Waals surface area contributed by atoms with Crippen molar-refractivity contribution < 1.29 is 14.4 Å². The first-order valence-corrected chi connectivity index (χ1v) is 11.7. The normalized spacial score (nSPS) is 11.2. The second-order valence-electron chi connectivity index (χ2n) is 7.49. The number of carbonyl (C=O) groups excluding carboxylic acids is 3. The Morgan fingerprint density at radius 2 is 1.73 bits per heavy atom. The molecular formula is C23H27IN6O3. The predicted molar refractivity (Wildman–Crippen MR) is 135 cm³/mol. The van der Waals surface area contributed by atoms with Crippen LogP contribution in [0, 0.1) is 3.57 Å². The molecular weight excluding hydrogens is 535 g/mol. The molecule has 0 unspecified atom stereocenters. The number of nitrogens with one attached hydrogen (secondary N) is 2. The highest BCUT2D eigenvalue weighted by Gasteiger charge is 2.18. The minimum absolute atomic E-state index is 0.00412. The molecule has 0 saturated heterocycles. The number of nitrogens with two attached hydrogens (primary N) is 1.